The Balaban J connectivity index is 1.99. The third kappa shape index (κ3) is 5.95. The summed E-state index contributed by atoms with van der Waals surface area (Å²) in [4.78, 5) is 12.1. The Bertz CT molecular complexity index is 851. The molecule has 2 aromatic carbocycles. The molecule has 7 heteroatoms. The van der Waals surface area contributed by atoms with E-state index in [0.717, 1.165) is 0 Å². The van der Waals surface area contributed by atoms with E-state index < -0.39 is 10.0 Å². The van der Waals surface area contributed by atoms with Gasteiger partial charge in [0.2, 0.25) is 15.9 Å². The van der Waals surface area contributed by atoms with Crippen LogP contribution in [0.25, 0.3) is 0 Å². The smallest absolute Gasteiger partial charge is 0.240 e. The first-order chi connectivity index (χ1) is 11.8. The van der Waals surface area contributed by atoms with Gasteiger partial charge in [0, 0.05) is 12.6 Å². The van der Waals surface area contributed by atoms with E-state index in [0.29, 0.717) is 11.1 Å². The van der Waals surface area contributed by atoms with Crippen LogP contribution in [0.5, 0.6) is 0 Å². The molecule has 0 saturated heterocycles. The molecule has 0 saturated carbocycles. The van der Waals surface area contributed by atoms with Crippen LogP contribution in [0, 0.1) is 5.82 Å². The van der Waals surface area contributed by atoms with Crippen LogP contribution in [0.1, 0.15) is 25.0 Å². The van der Waals surface area contributed by atoms with E-state index >= 15 is 0 Å². The molecule has 25 heavy (non-hydrogen) atoms. The molecular formula is C18H21FN2O3S. The fraction of sp³-hybridized carbons (Fsp3) is 0.278. The van der Waals surface area contributed by atoms with E-state index in [1.165, 1.54) is 24.3 Å². The molecule has 0 aliphatic heterocycles. The highest BCUT2D eigenvalue weighted by atomic mass is 32.2. The Kier molecular flexibility index (Phi) is 6.27. The minimum Gasteiger partial charge on any atom is -0.352 e. The monoisotopic (exact) mass is 364 g/mol. The second-order valence-electron chi connectivity index (χ2n) is 6.01. The van der Waals surface area contributed by atoms with Crippen molar-refractivity contribution in [3.8, 4) is 0 Å². The quantitative estimate of drug-likeness (QED) is 0.792. The van der Waals surface area contributed by atoms with Gasteiger partial charge < -0.3 is 5.32 Å². The van der Waals surface area contributed by atoms with Gasteiger partial charge in [-0.05, 0) is 49.2 Å². The van der Waals surface area contributed by atoms with Crippen molar-refractivity contribution in [2.75, 3.05) is 0 Å². The predicted octanol–water partition coefficient (Wildman–Crippen LogP) is 2.37. The molecule has 134 valence electrons. The molecule has 0 aliphatic rings. The third-order valence-electron chi connectivity index (χ3n) is 3.34. The van der Waals surface area contributed by atoms with Gasteiger partial charge in [-0.1, -0.05) is 24.3 Å². The van der Waals surface area contributed by atoms with E-state index in [2.05, 4.69) is 10.0 Å². The van der Waals surface area contributed by atoms with Gasteiger partial charge in [0.05, 0.1) is 11.3 Å². The van der Waals surface area contributed by atoms with Crippen LogP contribution in [0.4, 0.5) is 4.39 Å². The van der Waals surface area contributed by atoms with Gasteiger partial charge in [-0.2, -0.15) is 0 Å². The van der Waals surface area contributed by atoms with Crippen molar-refractivity contribution in [3.05, 3.63) is 65.5 Å². The van der Waals surface area contributed by atoms with E-state index in [1.54, 1.807) is 38.1 Å². The molecule has 0 bridgehead atoms. The number of amides is 1. The number of benzene rings is 2. The fourth-order valence-electron chi connectivity index (χ4n) is 2.30. The highest BCUT2D eigenvalue weighted by molar-refractivity contribution is 7.89. The number of halogens is 1. The highest BCUT2D eigenvalue weighted by Gasteiger charge is 2.15. The lowest BCUT2D eigenvalue weighted by Gasteiger charge is -2.11. The standard InChI is InChI=1S/C18H21FN2O3S/c1-13(2)21-25(23,24)17-8-4-6-15(10-17)12-20-18(22)11-14-5-3-7-16(19)9-14/h3-10,13,21H,11-12H2,1-2H3,(H,20,22). The van der Waals surface area contributed by atoms with Gasteiger partial charge in [0.1, 0.15) is 5.82 Å². The minimum atomic E-state index is -3.58. The van der Waals surface area contributed by atoms with Crippen molar-refractivity contribution >= 4 is 15.9 Å². The molecule has 1 amide bonds. The van der Waals surface area contributed by atoms with Crippen molar-refractivity contribution < 1.29 is 17.6 Å². The van der Waals surface area contributed by atoms with Crippen molar-refractivity contribution in [1.29, 1.82) is 0 Å². The van der Waals surface area contributed by atoms with Gasteiger partial charge in [-0.15, -0.1) is 0 Å². The summed E-state index contributed by atoms with van der Waals surface area (Å²) in [7, 11) is -3.58. The lowest BCUT2D eigenvalue weighted by Crippen LogP contribution is -2.30. The van der Waals surface area contributed by atoms with Crippen LogP contribution in [-0.4, -0.2) is 20.4 Å². The number of carbonyl (C=O) groups is 1. The summed E-state index contributed by atoms with van der Waals surface area (Å²) in [5.41, 5.74) is 1.24. The molecule has 0 spiro atoms. The molecule has 0 fully saturated rings. The number of carbonyl (C=O) groups excluding carboxylic acids is 1. The summed E-state index contributed by atoms with van der Waals surface area (Å²) in [5, 5.41) is 2.71. The van der Waals surface area contributed by atoms with Crippen LogP contribution >= 0.6 is 0 Å². The molecule has 0 radical (unpaired) electrons. The summed E-state index contributed by atoms with van der Waals surface area (Å²) in [5.74, 6) is -0.653. The lowest BCUT2D eigenvalue weighted by atomic mass is 10.1. The highest BCUT2D eigenvalue weighted by Crippen LogP contribution is 2.12. The largest absolute Gasteiger partial charge is 0.352 e. The first kappa shape index (κ1) is 19.1. The van der Waals surface area contributed by atoms with E-state index in [9.17, 15) is 17.6 Å². The maximum absolute atomic E-state index is 13.1. The Hall–Kier alpha value is -2.25. The normalized spacial score (nSPS) is 11.5. The zero-order chi connectivity index (χ0) is 18.4. The second kappa shape index (κ2) is 8.22. The van der Waals surface area contributed by atoms with Gasteiger partial charge in [0.15, 0.2) is 0 Å². The number of sulfonamides is 1. The Labute approximate surface area is 147 Å². The number of nitrogens with one attached hydrogen (secondary N) is 2. The number of rotatable bonds is 7. The average molecular weight is 364 g/mol. The van der Waals surface area contributed by atoms with Crippen molar-refractivity contribution in [3.63, 3.8) is 0 Å². The van der Waals surface area contributed by atoms with Crippen molar-refractivity contribution in [2.24, 2.45) is 0 Å². The van der Waals surface area contributed by atoms with E-state index in [-0.39, 0.29) is 35.6 Å². The van der Waals surface area contributed by atoms with E-state index in [4.69, 9.17) is 0 Å². The van der Waals surface area contributed by atoms with Crippen LogP contribution in [0.15, 0.2) is 53.4 Å². The molecule has 0 atom stereocenters. The first-order valence-electron chi connectivity index (χ1n) is 7.89. The molecule has 0 aliphatic carbocycles. The van der Waals surface area contributed by atoms with Crippen molar-refractivity contribution in [1.82, 2.24) is 10.0 Å². The lowest BCUT2D eigenvalue weighted by molar-refractivity contribution is -0.120. The summed E-state index contributed by atoms with van der Waals surface area (Å²) in [6, 6.07) is 12.0. The fourth-order valence-corrected chi connectivity index (χ4v) is 3.62. The maximum atomic E-state index is 13.1. The topological polar surface area (TPSA) is 75.3 Å². The summed E-state index contributed by atoms with van der Waals surface area (Å²) in [6.07, 6.45) is 0.0602. The van der Waals surface area contributed by atoms with Crippen LogP contribution < -0.4 is 10.0 Å². The Morgan fingerprint density at radius 3 is 2.44 bits per heavy atom. The molecule has 5 nitrogen and oxygen atoms in total. The number of hydrogen-bond acceptors (Lipinski definition) is 3. The third-order valence-corrected chi connectivity index (χ3v) is 5.00. The van der Waals surface area contributed by atoms with Gasteiger partial charge in [-0.3, -0.25) is 4.79 Å². The zero-order valence-corrected chi connectivity index (χ0v) is 14.9. The molecule has 2 aromatic rings. The molecule has 0 unspecified atom stereocenters. The van der Waals surface area contributed by atoms with Crippen molar-refractivity contribution in [2.45, 2.75) is 37.8 Å². The van der Waals surface area contributed by atoms with Crippen LogP contribution in [0.3, 0.4) is 0 Å². The molecule has 0 aromatic heterocycles. The van der Waals surface area contributed by atoms with Gasteiger partial charge >= 0.3 is 0 Å². The molecular weight excluding hydrogens is 343 g/mol. The van der Waals surface area contributed by atoms with Gasteiger partial charge in [-0.25, -0.2) is 17.5 Å². The van der Waals surface area contributed by atoms with Crippen LogP contribution in [0.2, 0.25) is 0 Å². The van der Waals surface area contributed by atoms with Crippen LogP contribution in [-0.2, 0) is 27.8 Å². The van der Waals surface area contributed by atoms with E-state index in [1.807, 2.05) is 0 Å². The Morgan fingerprint density at radius 2 is 1.76 bits per heavy atom. The summed E-state index contributed by atoms with van der Waals surface area (Å²) < 4.78 is 40.0. The maximum Gasteiger partial charge on any atom is 0.240 e. The zero-order valence-electron chi connectivity index (χ0n) is 14.1. The Morgan fingerprint density at radius 1 is 1.08 bits per heavy atom. The molecule has 2 N–H and O–H groups in total. The molecule has 0 heterocycles. The predicted molar refractivity (Wildman–Crippen MR) is 93.9 cm³/mol. The minimum absolute atomic E-state index is 0.0602. The average Bonchev–Trinajstić information content (AvgIpc) is 2.52. The molecule has 2 rings (SSSR count). The summed E-state index contributed by atoms with van der Waals surface area (Å²) >= 11 is 0. The SMILES string of the molecule is CC(C)NS(=O)(=O)c1cccc(CNC(=O)Cc2cccc(F)c2)c1. The second-order valence-corrected chi connectivity index (χ2v) is 7.72. The van der Waals surface area contributed by atoms with Gasteiger partial charge in [0.25, 0.3) is 0 Å². The first-order valence-corrected chi connectivity index (χ1v) is 9.37. The number of hydrogen-bond donors (Lipinski definition) is 2. The summed E-state index contributed by atoms with van der Waals surface area (Å²) in [6.45, 7) is 3.68.